The molecule has 4 rings (SSSR count). The summed E-state index contributed by atoms with van der Waals surface area (Å²) in [6.07, 6.45) is 6.38. The molecule has 0 radical (unpaired) electrons. The topological polar surface area (TPSA) is 81.3 Å². The van der Waals surface area contributed by atoms with E-state index in [-0.39, 0.29) is 24.7 Å². The van der Waals surface area contributed by atoms with Crippen LogP contribution in [0.25, 0.3) is 5.57 Å². The molecule has 2 aromatic rings. The van der Waals surface area contributed by atoms with Gasteiger partial charge in [-0.2, -0.15) is 0 Å². The Kier molecular flexibility index (Phi) is 5.17. The van der Waals surface area contributed by atoms with Crippen LogP contribution in [0.4, 0.5) is 4.39 Å². The summed E-state index contributed by atoms with van der Waals surface area (Å²) in [5.41, 5.74) is 7.66. The second-order valence-electron chi connectivity index (χ2n) is 7.14. The lowest BCUT2D eigenvalue weighted by atomic mass is 9.86. The van der Waals surface area contributed by atoms with Gasteiger partial charge in [-0.05, 0) is 30.9 Å². The fourth-order valence-electron chi connectivity index (χ4n) is 3.31. The Labute approximate surface area is 167 Å². The molecule has 2 N–H and O–H groups in total. The number of carbonyl (C=O) groups excluding carboxylic acids is 1. The van der Waals surface area contributed by atoms with E-state index in [4.69, 9.17) is 22.1 Å². The van der Waals surface area contributed by atoms with Gasteiger partial charge < -0.3 is 15.4 Å². The highest BCUT2D eigenvalue weighted by Gasteiger charge is 2.29. The van der Waals surface area contributed by atoms with E-state index in [0.29, 0.717) is 40.2 Å². The summed E-state index contributed by atoms with van der Waals surface area (Å²) in [6, 6.07) is 3.99. The maximum Gasteiger partial charge on any atom is 0.258 e. The first-order chi connectivity index (χ1) is 13.5. The molecular weight excluding hydrogens is 383 g/mol. The first-order valence-electron chi connectivity index (χ1n) is 9.18. The molecule has 1 aliphatic heterocycles. The Bertz CT molecular complexity index is 928. The van der Waals surface area contributed by atoms with Crippen molar-refractivity contribution in [1.29, 1.82) is 0 Å². The SMILES string of the molecule is NC1=C(c2ncc(Cl)cn2)CN(C(=O)c2ccc(F)cc2OCC2CCC2)C1. The summed E-state index contributed by atoms with van der Waals surface area (Å²) < 4.78 is 19.5. The number of carbonyl (C=O) groups is 1. The maximum absolute atomic E-state index is 13.7. The van der Waals surface area contributed by atoms with E-state index in [9.17, 15) is 9.18 Å². The van der Waals surface area contributed by atoms with E-state index in [1.54, 1.807) is 4.90 Å². The molecule has 1 amide bonds. The van der Waals surface area contributed by atoms with Gasteiger partial charge in [-0.25, -0.2) is 14.4 Å². The second kappa shape index (κ2) is 7.75. The molecule has 0 saturated heterocycles. The third-order valence-electron chi connectivity index (χ3n) is 5.15. The van der Waals surface area contributed by atoms with Gasteiger partial charge in [0.15, 0.2) is 5.82 Å². The van der Waals surface area contributed by atoms with Crippen molar-refractivity contribution in [3.63, 3.8) is 0 Å². The summed E-state index contributed by atoms with van der Waals surface area (Å²) >= 11 is 5.83. The van der Waals surface area contributed by atoms with Crippen molar-refractivity contribution in [2.75, 3.05) is 19.7 Å². The van der Waals surface area contributed by atoms with Crippen LogP contribution < -0.4 is 10.5 Å². The first kappa shape index (κ1) is 18.7. The van der Waals surface area contributed by atoms with Crippen LogP contribution in [0.15, 0.2) is 36.3 Å². The summed E-state index contributed by atoms with van der Waals surface area (Å²) in [4.78, 5) is 23.0. The zero-order valence-corrected chi connectivity index (χ0v) is 16.0. The van der Waals surface area contributed by atoms with Crippen LogP contribution in [-0.2, 0) is 0 Å². The molecule has 0 bridgehead atoms. The zero-order chi connectivity index (χ0) is 19.7. The van der Waals surface area contributed by atoms with E-state index >= 15 is 0 Å². The Hall–Kier alpha value is -2.67. The number of amides is 1. The number of ether oxygens (including phenoxy) is 1. The fourth-order valence-corrected chi connectivity index (χ4v) is 3.40. The average Bonchev–Trinajstić information content (AvgIpc) is 3.02. The molecule has 0 atom stereocenters. The van der Waals surface area contributed by atoms with Crippen LogP contribution in [-0.4, -0.2) is 40.5 Å². The van der Waals surface area contributed by atoms with Crippen molar-refractivity contribution in [3.8, 4) is 5.75 Å². The van der Waals surface area contributed by atoms with Gasteiger partial charge >= 0.3 is 0 Å². The van der Waals surface area contributed by atoms with Crippen LogP contribution in [0.2, 0.25) is 5.02 Å². The molecule has 1 saturated carbocycles. The first-order valence-corrected chi connectivity index (χ1v) is 9.56. The molecule has 2 heterocycles. The van der Waals surface area contributed by atoms with E-state index in [0.717, 1.165) is 12.8 Å². The summed E-state index contributed by atoms with van der Waals surface area (Å²) in [5, 5.41) is 0.424. The fraction of sp³-hybridized carbons (Fsp3) is 0.350. The minimum atomic E-state index is -0.436. The smallest absolute Gasteiger partial charge is 0.258 e. The molecule has 1 aliphatic carbocycles. The summed E-state index contributed by atoms with van der Waals surface area (Å²) in [5.74, 6) is 0.485. The average molecular weight is 403 g/mol. The van der Waals surface area contributed by atoms with Gasteiger partial charge in [0.05, 0.1) is 30.3 Å². The third-order valence-corrected chi connectivity index (χ3v) is 5.34. The quantitative estimate of drug-likeness (QED) is 0.830. The number of nitrogens with two attached hydrogens (primary N) is 1. The lowest BCUT2D eigenvalue weighted by molar-refractivity contribution is 0.0791. The Morgan fingerprint density at radius 2 is 2.04 bits per heavy atom. The molecule has 2 aliphatic rings. The lowest BCUT2D eigenvalue weighted by Crippen LogP contribution is -2.31. The van der Waals surface area contributed by atoms with Crippen LogP contribution in [0.3, 0.4) is 0 Å². The van der Waals surface area contributed by atoms with Crippen LogP contribution >= 0.6 is 11.6 Å². The number of hydrogen-bond donors (Lipinski definition) is 1. The van der Waals surface area contributed by atoms with E-state index in [2.05, 4.69) is 9.97 Å². The lowest BCUT2D eigenvalue weighted by Gasteiger charge is -2.26. The van der Waals surface area contributed by atoms with Crippen molar-refractivity contribution >= 4 is 23.1 Å². The van der Waals surface area contributed by atoms with Crippen molar-refractivity contribution in [1.82, 2.24) is 14.9 Å². The number of hydrogen-bond acceptors (Lipinski definition) is 5. The monoisotopic (exact) mass is 402 g/mol. The van der Waals surface area contributed by atoms with E-state index in [1.807, 2.05) is 0 Å². The van der Waals surface area contributed by atoms with E-state index in [1.165, 1.54) is 37.0 Å². The Balaban J connectivity index is 1.51. The van der Waals surface area contributed by atoms with Crippen molar-refractivity contribution in [3.05, 3.63) is 58.5 Å². The molecule has 6 nitrogen and oxygen atoms in total. The molecule has 8 heteroatoms. The van der Waals surface area contributed by atoms with Gasteiger partial charge in [0.2, 0.25) is 0 Å². The predicted octanol–water partition coefficient (Wildman–Crippen LogP) is 3.27. The summed E-state index contributed by atoms with van der Waals surface area (Å²) in [6.45, 7) is 1.01. The van der Waals surface area contributed by atoms with Crippen LogP contribution in [0, 0.1) is 11.7 Å². The predicted molar refractivity (Wildman–Crippen MR) is 103 cm³/mol. The Morgan fingerprint density at radius 1 is 1.29 bits per heavy atom. The summed E-state index contributed by atoms with van der Waals surface area (Å²) in [7, 11) is 0. The highest BCUT2D eigenvalue weighted by molar-refractivity contribution is 6.30. The van der Waals surface area contributed by atoms with Crippen molar-refractivity contribution in [2.45, 2.75) is 19.3 Å². The van der Waals surface area contributed by atoms with Crippen molar-refractivity contribution < 1.29 is 13.9 Å². The molecule has 1 aromatic carbocycles. The maximum atomic E-state index is 13.7. The molecular formula is C20H20ClFN4O2. The van der Waals surface area contributed by atoms with Gasteiger partial charge in [-0.15, -0.1) is 0 Å². The molecule has 1 aromatic heterocycles. The second-order valence-corrected chi connectivity index (χ2v) is 7.57. The largest absolute Gasteiger partial charge is 0.492 e. The highest BCUT2D eigenvalue weighted by Crippen LogP contribution is 2.30. The van der Waals surface area contributed by atoms with E-state index < -0.39 is 5.82 Å². The van der Waals surface area contributed by atoms with Gasteiger partial charge in [0, 0.05) is 29.7 Å². The third kappa shape index (κ3) is 3.80. The minimum Gasteiger partial charge on any atom is -0.492 e. The number of aromatic nitrogens is 2. The number of halogens is 2. The molecule has 28 heavy (non-hydrogen) atoms. The van der Waals surface area contributed by atoms with Crippen LogP contribution in [0.1, 0.15) is 35.4 Å². The highest BCUT2D eigenvalue weighted by atomic mass is 35.5. The number of nitrogens with zero attached hydrogens (tertiary/aromatic N) is 3. The zero-order valence-electron chi connectivity index (χ0n) is 15.2. The number of benzene rings is 1. The molecule has 146 valence electrons. The number of rotatable bonds is 5. The minimum absolute atomic E-state index is 0.250. The van der Waals surface area contributed by atoms with Crippen LogP contribution in [0.5, 0.6) is 5.75 Å². The van der Waals surface area contributed by atoms with Gasteiger partial charge in [-0.1, -0.05) is 18.0 Å². The molecule has 1 fully saturated rings. The van der Waals surface area contributed by atoms with Gasteiger partial charge in [0.25, 0.3) is 5.91 Å². The molecule has 0 spiro atoms. The van der Waals surface area contributed by atoms with Crippen molar-refractivity contribution in [2.24, 2.45) is 11.7 Å². The standard InChI is InChI=1S/C20H20ClFN4O2/c21-13-7-24-19(25-8-13)16-9-26(10-17(16)23)20(27)15-5-4-14(22)6-18(15)28-11-12-2-1-3-12/h4-8,12H,1-3,9-11,23H2. The molecule has 0 unspecified atom stereocenters. The Morgan fingerprint density at radius 3 is 2.71 bits per heavy atom. The van der Waals surface area contributed by atoms with Gasteiger partial charge in [0.1, 0.15) is 11.6 Å². The van der Waals surface area contributed by atoms with Gasteiger partial charge in [-0.3, -0.25) is 4.79 Å². The normalized spacial score (nSPS) is 17.0.